The molecule has 2 heteroatoms. The Bertz CT molecular complexity index is 439. The van der Waals surface area contributed by atoms with Crippen molar-refractivity contribution in [3.63, 3.8) is 0 Å². The highest BCUT2D eigenvalue weighted by Gasteiger charge is 2.14. The summed E-state index contributed by atoms with van der Waals surface area (Å²) in [6, 6.07) is 9.17. The van der Waals surface area contributed by atoms with Gasteiger partial charge in [0.2, 0.25) is 0 Å². The number of halogens is 1. The summed E-state index contributed by atoms with van der Waals surface area (Å²) in [6.45, 7) is 3.35. The topological polar surface area (TPSA) is 12.0 Å². The number of benzene rings is 1. The van der Waals surface area contributed by atoms with Crippen LogP contribution in [0.25, 0.3) is 0 Å². The third-order valence-electron chi connectivity index (χ3n) is 4.00. The lowest BCUT2D eigenvalue weighted by molar-refractivity contribution is 0.490. The van der Waals surface area contributed by atoms with E-state index >= 15 is 0 Å². The van der Waals surface area contributed by atoms with Crippen molar-refractivity contribution in [1.82, 2.24) is 5.32 Å². The minimum atomic E-state index is 0.568. The van der Waals surface area contributed by atoms with Crippen LogP contribution in [0.5, 0.6) is 0 Å². The third-order valence-corrected chi connectivity index (χ3v) is 4.77. The SMILES string of the molecule is CCCNC(CC1=CCCCC1)Cc1ccccc1Br. The molecule has 0 heterocycles. The minimum absolute atomic E-state index is 0.568. The summed E-state index contributed by atoms with van der Waals surface area (Å²) < 4.78 is 1.24. The zero-order valence-electron chi connectivity index (χ0n) is 12.5. The molecular formula is C18H26BrN. The van der Waals surface area contributed by atoms with E-state index in [9.17, 15) is 0 Å². The largest absolute Gasteiger partial charge is 0.313 e. The van der Waals surface area contributed by atoms with Gasteiger partial charge in [-0.25, -0.2) is 0 Å². The van der Waals surface area contributed by atoms with Gasteiger partial charge in [0.25, 0.3) is 0 Å². The Labute approximate surface area is 132 Å². The van der Waals surface area contributed by atoms with Crippen LogP contribution in [-0.2, 0) is 6.42 Å². The quantitative estimate of drug-likeness (QED) is 0.671. The first-order valence-electron chi connectivity index (χ1n) is 7.94. The molecule has 110 valence electrons. The molecule has 0 aromatic heterocycles. The van der Waals surface area contributed by atoms with Crippen molar-refractivity contribution in [2.24, 2.45) is 0 Å². The number of nitrogens with one attached hydrogen (secondary N) is 1. The van der Waals surface area contributed by atoms with E-state index in [1.807, 2.05) is 0 Å². The Morgan fingerprint density at radius 3 is 2.75 bits per heavy atom. The highest BCUT2D eigenvalue weighted by molar-refractivity contribution is 9.10. The van der Waals surface area contributed by atoms with Crippen LogP contribution in [0.1, 0.15) is 51.0 Å². The monoisotopic (exact) mass is 335 g/mol. The maximum atomic E-state index is 3.73. The van der Waals surface area contributed by atoms with E-state index in [4.69, 9.17) is 0 Å². The van der Waals surface area contributed by atoms with Crippen molar-refractivity contribution >= 4 is 15.9 Å². The summed E-state index contributed by atoms with van der Waals surface area (Å²) in [5.74, 6) is 0. The van der Waals surface area contributed by atoms with Gasteiger partial charge in [-0.3, -0.25) is 0 Å². The van der Waals surface area contributed by atoms with Crippen LogP contribution in [0.3, 0.4) is 0 Å². The molecule has 1 unspecified atom stereocenters. The van der Waals surface area contributed by atoms with Crippen LogP contribution in [0.2, 0.25) is 0 Å². The predicted molar refractivity (Wildman–Crippen MR) is 91.1 cm³/mol. The summed E-state index contributed by atoms with van der Waals surface area (Å²) >= 11 is 3.68. The lowest BCUT2D eigenvalue weighted by atomic mass is 9.92. The Morgan fingerprint density at radius 1 is 1.20 bits per heavy atom. The summed E-state index contributed by atoms with van der Waals surface area (Å²) in [5.41, 5.74) is 3.08. The van der Waals surface area contributed by atoms with Crippen LogP contribution in [0, 0.1) is 0 Å². The molecule has 0 amide bonds. The lowest BCUT2D eigenvalue weighted by Crippen LogP contribution is -2.32. The van der Waals surface area contributed by atoms with E-state index in [-0.39, 0.29) is 0 Å². The van der Waals surface area contributed by atoms with Crippen LogP contribution in [0.15, 0.2) is 40.4 Å². The van der Waals surface area contributed by atoms with E-state index in [2.05, 4.69) is 58.5 Å². The molecule has 1 aromatic rings. The molecule has 1 atom stereocenters. The van der Waals surface area contributed by atoms with Crippen LogP contribution < -0.4 is 5.32 Å². The van der Waals surface area contributed by atoms with Crippen molar-refractivity contribution in [3.8, 4) is 0 Å². The fraction of sp³-hybridized carbons (Fsp3) is 0.556. The fourth-order valence-corrected chi connectivity index (χ4v) is 3.35. The number of allylic oxidation sites excluding steroid dienone is 1. The van der Waals surface area contributed by atoms with E-state index in [1.54, 1.807) is 5.57 Å². The molecule has 1 aromatic carbocycles. The summed E-state index contributed by atoms with van der Waals surface area (Å²) in [5, 5.41) is 3.73. The van der Waals surface area contributed by atoms with E-state index in [1.165, 1.54) is 48.6 Å². The molecule has 1 aliphatic carbocycles. The standard InChI is InChI=1S/C18H26BrN/c1-2-12-20-17(13-15-8-4-3-5-9-15)14-16-10-6-7-11-18(16)19/h6-8,10-11,17,20H,2-5,9,12-14H2,1H3. The summed E-state index contributed by atoms with van der Waals surface area (Å²) in [4.78, 5) is 0. The lowest BCUT2D eigenvalue weighted by Gasteiger charge is -2.22. The average Bonchev–Trinajstić information content (AvgIpc) is 2.48. The Balaban J connectivity index is 1.99. The smallest absolute Gasteiger partial charge is 0.0207 e. The molecule has 2 rings (SSSR count). The Hall–Kier alpha value is -0.600. The molecule has 1 aliphatic rings. The van der Waals surface area contributed by atoms with Gasteiger partial charge in [0.15, 0.2) is 0 Å². The maximum Gasteiger partial charge on any atom is 0.0207 e. The van der Waals surface area contributed by atoms with E-state index in [0.29, 0.717) is 6.04 Å². The Morgan fingerprint density at radius 2 is 2.05 bits per heavy atom. The number of hydrogen-bond acceptors (Lipinski definition) is 1. The molecule has 1 nitrogen and oxygen atoms in total. The highest BCUT2D eigenvalue weighted by Crippen LogP contribution is 2.24. The number of hydrogen-bond donors (Lipinski definition) is 1. The van der Waals surface area contributed by atoms with Crippen molar-refractivity contribution in [1.29, 1.82) is 0 Å². The first kappa shape index (κ1) is 15.8. The molecule has 0 spiro atoms. The van der Waals surface area contributed by atoms with Crippen molar-refractivity contribution < 1.29 is 0 Å². The zero-order chi connectivity index (χ0) is 14.2. The highest BCUT2D eigenvalue weighted by atomic mass is 79.9. The van der Waals surface area contributed by atoms with Gasteiger partial charge in [0.05, 0.1) is 0 Å². The second-order valence-electron chi connectivity index (χ2n) is 5.76. The molecule has 0 saturated carbocycles. The van der Waals surface area contributed by atoms with Crippen molar-refractivity contribution in [2.75, 3.05) is 6.54 Å². The molecule has 0 radical (unpaired) electrons. The zero-order valence-corrected chi connectivity index (χ0v) is 14.1. The van der Waals surface area contributed by atoms with Gasteiger partial charge in [0.1, 0.15) is 0 Å². The third kappa shape index (κ3) is 5.06. The van der Waals surface area contributed by atoms with Crippen molar-refractivity contribution in [2.45, 2.75) is 57.9 Å². The molecule has 0 fully saturated rings. The van der Waals surface area contributed by atoms with Crippen LogP contribution in [0.4, 0.5) is 0 Å². The normalized spacial score (nSPS) is 16.8. The van der Waals surface area contributed by atoms with Gasteiger partial charge in [-0.1, -0.05) is 52.7 Å². The maximum absolute atomic E-state index is 3.73. The predicted octanol–water partition coefficient (Wildman–Crippen LogP) is 5.25. The fourth-order valence-electron chi connectivity index (χ4n) is 2.90. The molecule has 0 bridgehead atoms. The second-order valence-corrected chi connectivity index (χ2v) is 6.61. The second kappa shape index (κ2) is 8.63. The molecule has 0 saturated heterocycles. The van der Waals surface area contributed by atoms with Gasteiger partial charge < -0.3 is 5.32 Å². The summed E-state index contributed by atoms with van der Waals surface area (Å²) in [6.07, 6.45) is 11.3. The van der Waals surface area contributed by atoms with E-state index < -0.39 is 0 Å². The molecule has 20 heavy (non-hydrogen) atoms. The number of rotatable bonds is 7. The first-order valence-corrected chi connectivity index (χ1v) is 8.73. The molecule has 1 N–H and O–H groups in total. The average molecular weight is 336 g/mol. The van der Waals surface area contributed by atoms with Crippen molar-refractivity contribution in [3.05, 3.63) is 46.0 Å². The van der Waals surface area contributed by atoms with Gasteiger partial charge in [-0.2, -0.15) is 0 Å². The molecular weight excluding hydrogens is 310 g/mol. The minimum Gasteiger partial charge on any atom is -0.313 e. The molecule has 0 aliphatic heterocycles. The van der Waals surface area contributed by atoms with Gasteiger partial charge in [-0.15, -0.1) is 0 Å². The van der Waals surface area contributed by atoms with E-state index in [0.717, 1.165) is 13.0 Å². The van der Waals surface area contributed by atoms with Gasteiger partial charge in [0, 0.05) is 10.5 Å². The van der Waals surface area contributed by atoms with Crippen LogP contribution in [-0.4, -0.2) is 12.6 Å². The Kier molecular flexibility index (Phi) is 6.81. The van der Waals surface area contributed by atoms with Gasteiger partial charge in [-0.05, 0) is 63.1 Å². The van der Waals surface area contributed by atoms with Crippen LogP contribution >= 0.6 is 15.9 Å². The first-order chi connectivity index (χ1) is 9.79. The van der Waals surface area contributed by atoms with Gasteiger partial charge >= 0.3 is 0 Å². The summed E-state index contributed by atoms with van der Waals surface area (Å²) in [7, 11) is 0.